The smallest absolute Gasteiger partial charge is 0.294 e. The third-order valence-corrected chi connectivity index (χ3v) is 3.89. The van der Waals surface area contributed by atoms with E-state index in [0.29, 0.717) is 12.1 Å². The maximum atomic E-state index is 13.6. The Bertz CT molecular complexity index is 805. The van der Waals surface area contributed by atoms with E-state index in [-0.39, 0.29) is 11.3 Å². The summed E-state index contributed by atoms with van der Waals surface area (Å²) < 4.78 is 66.1. The van der Waals surface area contributed by atoms with E-state index in [1.54, 1.807) is 0 Å². The predicted octanol–water partition coefficient (Wildman–Crippen LogP) is 4.88. The SMILES string of the molecule is O=C1CC(F)(F)c2nn(-c3c(Cl)cc(C(F)(F)F)cc3Cl)cc21. The molecule has 0 saturated heterocycles. The van der Waals surface area contributed by atoms with Crippen molar-refractivity contribution in [2.24, 2.45) is 0 Å². The Morgan fingerprint density at radius 3 is 2.22 bits per heavy atom. The quantitative estimate of drug-likeness (QED) is 0.670. The van der Waals surface area contributed by atoms with Gasteiger partial charge in [0.15, 0.2) is 5.78 Å². The van der Waals surface area contributed by atoms with Crippen molar-refractivity contribution in [3.8, 4) is 5.69 Å². The van der Waals surface area contributed by atoms with Crippen molar-refractivity contribution in [2.45, 2.75) is 18.5 Å². The van der Waals surface area contributed by atoms with Gasteiger partial charge in [0.05, 0.1) is 27.6 Å². The predicted molar refractivity (Wildman–Crippen MR) is 71.4 cm³/mol. The molecule has 2 aromatic rings. The highest BCUT2D eigenvalue weighted by molar-refractivity contribution is 6.37. The normalized spacial score (nSPS) is 16.7. The molecule has 1 aromatic heterocycles. The van der Waals surface area contributed by atoms with Crippen molar-refractivity contribution >= 4 is 29.0 Å². The van der Waals surface area contributed by atoms with Gasteiger partial charge in [0.2, 0.25) is 0 Å². The van der Waals surface area contributed by atoms with Gasteiger partial charge in [-0.05, 0) is 12.1 Å². The van der Waals surface area contributed by atoms with Gasteiger partial charge in [-0.1, -0.05) is 23.2 Å². The lowest BCUT2D eigenvalue weighted by Gasteiger charge is -2.13. The molecular formula is C13H5Cl2F5N2O. The van der Waals surface area contributed by atoms with Crippen LogP contribution in [-0.2, 0) is 12.1 Å². The number of Topliss-reactive ketones (excluding diaryl/α,β-unsaturated/α-hetero) is 1. The highest BCUT2D eigenvalue weighted by atomic mass is 35.5. The second-order valence-corrected chi connectivity index (χ2v) is 5.74. The van der Waals surface area contributed by atoms with E-state index in [1.165, 1.54) is 0 Å². The summed E-state index contributed by atoms with van der Waals surface area (Å²) in [5.74, 6) is -4.24. The van der Waals surface area contributed by atoms with E-state index < -0.39 is 45.6 Å². The number of carbonyl (C=O) groups is 1. The number of alkyl halides is 5. The molecule has 0 aliphatic heterocycles. The molecule has 0 spiro atoms. The number of hydrogen-bond acceptors (Lipinski definition) is 2. The van der Waals surface area contributed by atoms with Crippen LogP contribution in [0.1, 0.15) is 28.0 Å². The molecule has 23 heavy (non-hydrogen) atoms. The second kappa shape index (κ2) is 4.91. The van der Waals surface area contributed by atoms with Crippen molar-refractivity contribution in [1.29, 1.82) is 0 Å². The Balaban J connectivity index is 2.15. The number of hydrogen-bond donors (Lipinski definition) is 0. The Morgan fingerprint density at radius 2 is 1.74 bits per heavy atom. The highest BCUT2D eigenvalue weighted by Crippen LogP contribution is 2.42. The van der Waals surface area contributed by atoms with E-state index >= 15 is 0 Å². The fourth-order valence-electron chi connectivity index (χ4n) is 2.29. The summed E-state index contributed by atoms with van der Waals surface area (Å²) >= 11 is 11.6. The van der Waals surface area contributed by atoms with Gasteiger partial charge < -0.3 is 0 Å². The van der Waals surface area contributed by atoms with Crippen molar-refractivity contribution in [3.05, 3.63) is 45.2 Å². The minimum atomic E-state index is -4.67. The van der Waals surface area contributed by atoms with Gasteiger partial charge in [0, 0.05) is 6.20 Å². The maximum absolute atomic E-state index is 13.6. The molecule has 1 heterocycles. The van der Waals surface area contributed by atoms with E-state index in [1.807, 2.05) is 0 Å². The van der Waals surface area contributed by atoms with Crippen LogP contribution in [0.2, 0.25) is 10.0 Å². The molecule has 1 aliphatic carbocycles. The molecule has 0 bridgehead atoms. The number of rotatable bonds is 1. The van der Waals surface area contributed by atoms with Crippen molar-refractivity contribution in [3.63, 3.8) is 0 Å². The van der Waals surface area contributed by atoms with Crippen LogP contribution < -0.4 is 0 Å². The summed E-state index contributed by atoms with van der Waals surface area (Å²) in [4.78, 5) is 11.5. The first-order valence-corrected chi connectivity index (χ1v) is 6.84. The summed E-state index contributed by atoms with van der Waals surface area (Å²) in [5, 5.41) is 2.72. The maximum Gasteiger partial charge on any atom is 0.416 e. The van der Waals surface area contributed by atoms with Gasteiger partial charge in [-0.25, -0.2) is 4.68 Å². The fourth-order valence-corrected chi connectivity index (χ4v) is 2.95. The van der Waals surface area contributed by atoms with Gasteiger partial charge in [0.1, 0.15) is 11.4 Å². The first-order chi connectivity index (χ1) is 10.5. The van der Waals surface area contributed by atoms with Crippen LogP contribution in [0.4, 0.5) is 22.0 Å². The molecule has 1 aliphatic rings. The summed E-state index contributed by atoms with van der Waals surface area (Å²) in [7, 11) is 0. The molecule has 0 radical (unpaired) electrons. The van der Waals surface area contributed by atoms with Crippen molar-refractivity contribution in [1.82, 2.24) is 9.78 Å². The van der Waals surface area contributed by atoms with Crippen LogP contribution in [0.5, 0.6) is 0 Å². The monoisotopic (exact) mass is 370 g/mol. The standard InChI is InChI=1S/C13H5Cl2F5N2O/c14-7-1-5(13(18,19)20)2-8(15)10(7)22-4-6-9(23)3-12(16,17)11(6)21-22/h1-2,4H,3H2. The largest absolute Gasteiger partial charge is 0.416 e. The van der Waals surface area contributed by atoms with Gasteiger partial charge in [-0.2, -0.15) is 27.1 Å². The zero-order valence-corrected chi connectivity index (χ0v) is 12.4. The fraction of sp³-hybridized carbons (Fsp3) is 0.231. The molecule has 3 nitrogen and oxygen atoms in total. The molecule has 0 atom stereocenters. The van der Waals surface area contributed by atoms with E-state index in [9.17, 15) is 26.7 Å². The molecule has 122 valence electrons. The van der Waals surface area contributed by atoms with Gasteiger partial charge in [-0.15, -0.1) is 0 Å². The minimum absolute atomic E-state index is 0.209. The van der Waals surface area contributed by atoms with Crippen LogP contribution in [0, 0.1) is 0 Å². The number of nitrogens with zero attached hydrogens (tertiary/aromatic N) is 2. The van der Waals surface area contributed by atoms with Crippen LogP contribution in [0.3, 0.4) is 0 Å². The third kappa shape index (κ3) is 2.59. The number of aromatic nitrogens is 2. The highest BCUT2D eigenvalue weighted by Gasteiger charge is 2.48. The molecule has 0 saturated carbocycles. The zero-order chi connectivity index (χ0) is 17.2. The summed E-state index contributed by atoms with van der Waals surface area (Å²) in [5.41, 5.74) is -2.34. The summed E-state index contributed by atoms with van der Waals surface area (Å²) in [6, 6.07) is 1.21. The van der Waals surface area contributed by atoms with Gasteiger partial charge in [-0.3, -0.25) is 4.79 Å². The van der Waals surface area contributed by atoms with Crippen molar-refractivity contribution in [2.75, 3.05) is 0 Å². The topological polar surface area (TPSA) is 34.9 Å². The average molecular weight is 371 g/mol. The first kappa shape index (κ1) is 16.2. The number of fused-ring (bicyclic) bond motifs is 1. The summed E-state index contributed by atoms with van der Waals surface area (Å²) in [6.45, 7) is 0. The molecule has 10 heteroatoms. The van der Waals surface area contributed by atoms with Crippen LogP contribution in [0.15, 0.2) is 18.3 Å². The van der Waals surface area contributed by atoms with Gasteiger partial charge >= 0.3 is 6.18 Å². The molecule has 0 unspecified atom stereocenters. The molecule has 0 amide bonds. The Hall–Kier alpha value is -1.67. The van der Waals surface area contributed by atoms with Crippen LogP contribution >= 0.6 is 23.2 Å². The lowest BCUT2D eigenvalue weighted by molar-refractivity contribution is -0.137. The molecule has 3 rings (SSSR count). The molecule has 0 N–H and O–H groups in total. The number of carbonyl (C=O) groups excluding carboxylic acids is 1. The van der Waals surface area contributed by atoms with Crippen LogP contribution in [0.25, 0.3) is 5.69 Å². The van der Waals surface area contributed by atoms with E-state index in [4.69, 9.17) is 23.2 Å². The van der Waals surface area contributed by atoms with E-state index in [2.05, 4.69) is 5.10 Å². The Morgan fingerprint density at radius 1 is 1.17 bits per heavy atom. The Labute approximate surface area is 135 Å². The molecule has 0 fully saturated rings. The zero-order valence-electron chi connectivity index (χ0n) is 10.9. The third-order valence-electron chi connectivity index (χ3n) is 3.32. The van der Waals surface area contributed by atoms with E-state index in [0.717, 1.165) is 10.9 Å². The molecule has 1 aromatic carbocycles. The van der Waals surface area contributed by atoms with Crippen LogP contribution in [-0.4, -0.2) is 15.6 Å². The second-order valence-electron chi connectivity index (χ2n) is 4.93. The van der Waals surface area contributed by atoms with Gasteiger partial charge in [0.25, 0.3) is 5.92 Å². The average Bonchev–Trinajstić information content (AvgIpc) is 2.89. The lowest BCUT2D eigenvalue weighted by atomic mass is 10.2. The minimum Gasteiger partial charge on any atom is -0.294 e. The summed E-state index contributed by atoms with van der Waals surface area (Å²) in [6.07, 6.45) is -4.67. The number of halogens is 7. The Kier molecular flexibility index (Phi) is 3.46. The van der Waals surface area contributed by atoms with Crippen molar-refractivity contribution < 1.29 is 26.7 Å². The first-order valence-electron chi connectivity index (χ1n) is 6.08. The lowest BCUT2D eigenvalue weighted by Crippen LogP contribution is -2.12. The number of benzene rings is 1. The molecular weight excluding hydrogens is 366 g/mol. The number of ketones is 1.